The molecule has 0 unspecified atom stereocenters. The van der Waals surface area contributed by atoms with Crippen molar-refractivity contribution in [3.63, 3.8) is 0 Å². The molecule has 0 amide bonds. The number of anilines is 1. The number of ether oxygens (including phenoxy) is 5. The molecule has 5 rings (SSSR count). The Hall–Kier alpha value is -3.12. The molecule has 0 radical (unpaired) electrons. The highest BCUT2D eigenvalue weighted by molar-refractivity contribution is 5.83. The number of benzene rings is 1. The summed E-state index contributed by atoms with van der Waals surface area (Å²) < 4.78 is 32.7. The van der Waals surface area contributed by atoms with Gasteiger partial charge in [0.25, 0.3) is 0 Å². The van der Waals surface area contributed by atoms with E-state index < -0.39 is 36.4 Å². The summed E-state index contributed by atoms with van der Waals surface area (Å²) >= 11 is 0. The van der Waals surface area contributed by atoms with Gasteiger partial charge in [0.2, 0.25) is 0 Å². The van der Waals surface area contributed by atoms with Gasteiger partial charge in [-0.3, -0.25) is 4.79 Å². The Kier molecular flexibility index (Phi) is 13.0. The second kappa shape index (κ2) is 17.3. The molecular formula is C36H53N5O6. The Morgan fingerprint density at radius 3 is 2.40 bits per heavy atom. The van der Waals surface area contributed by atoms with Crippen LogP contribution in [-0.4, -0.2) is 69.0 Å². The summed E-state index contributed by atoms with van der Waals surface area (Å²) in [5.74, 6) is -0.499. The second-order valence-corrected chi connectivity index (χ2v) is 13.1. The molecular weight excluding hydrogens is 598 g/mol. The van der Waals surface area contributed by atoms with E-state index in [4.69, 9.17) is 28.7 Å². The number of nitrogens with zero attached hydrogens (tertiary/aromatic N) is 4. The van der Waals surface area contributed by atoms with Crippen molar-refractivity contribution in [2.24, 2.45) is 0 Å². The number of carbonyl (C=O) groups is 1. The van der Waals surface area contributed by atoms with Crippen molar-refractivity contribution in [2.45, 2.75) is 141 Å². The van der Waals surface area contributed by atoms with Gasteiger partial charge in [0, 0.05) is 6.54 Å². The van der Waals surface area contributed by atoms with Crippen molar-refractivity contribution >= 4 is 23.0 Å². The molecule has 2 aromatic heterocycles. The monoisotopic (exact) mass is 651 g/mol. The predicted molar refractivity (Wildman–Crippen MR) is 180 cm³/mol. The standard InChI is InChI=1S/C36H53N5O6/c1-5-7-8-9-10-11-12-13-14-18-21-37-33-29-34(39-24-38-33)41(25-40-29)27(22-28(42)43-6-2)30-31(44-23-26-19-16-15-17-20-26)32-35(45-30)47-36(3,4)46-32/h15-17,19-20,24-25,27,30-32,35H,5-14,18,21-23H2,1-4H3,(H,37,38,39)/t27-,30+,31-,32+,35+/m0/s1. The number of rotatable bonds is 20. The van der Waals surface area contributed by atoms with Crippen LogP contribution in [0.25, 0.3) is 11.2 Å². The Balaban J connectivity index is 1.28. The van der Waals surface area contributed by atoms with Gasteiger partial charge in [0.05, 0.1) is 32.0 Å². The smallest absolute Gasteiger partial charge is 0.307 e. The third kappa shape index (κ3) is 9.49. The fourth-order valence-electron chi connectivity index (χ4n) is 6.58. The number of imidazole rings is 1. The van der Waals surface area contributed by atoms with Crippen LogP contribution >= 0.6 is 0 Å². The van der Waals surface area contributed by atoms with Crippen molar-refractivity contribution in [2.75, 3.05) is 18.5 Å². The van der Waals surface area contributed by atoms with Crippen LogP contribution in [0.4, 0.5) is 5.82 Å². The number of hydrogen-bond donors (Lipinski definition) is 1. The van der Waals surface area contributed by atoms with Crippen molar-refractivity contribution in [1.82, 2.24) is 19.5 Å². The quantitative estimate of drug-likeness (QED) is 0.1000. The molecule has 11 heteroatoms. The van der Waals surface area contributed by atoms with Gasteiger partial charge in [0.1, 0.15) is 30.2 Å². The summed E-state index contributed by atoms with van der Waals surface area (Å²) in [6, 6.07) is 9.40. The molecule has 5 atom stereocenters. The van der Waals surface area contributed by atoms with E-state index in [1.807, 2.05) is 48.7 Å². The Morgan fingerprint density at radius 1 is 0.957 bits per heavy atom. The lowest BCUT2D eigenvalue weighted by Crippen LogP contribution is -2.42. The minimum absolute atomic E-state index is 0.0311. The minimum Gasteiger partial charge on any atom is -0.466 e. The van der Waals surface area contributed by atoms with E-state index in [0.717, 1.165) is 18.5 Å². The second-order valence-electron chi connectivity index (χ2n) is 13.1. The average molecular weight is 652 g/mol. The SMILES string of the molecule is CCCCCCCCCCCCNc1ncnc2c1ncn2[C@@H](CC(=O)OCC)[C@H]1O[C@@H]2OC(C)(C)O[C@@H]2[C@H]1OCc1ccccc1. The lowest BCUT2D eigenvalue weighted by Gasteiger charge is -2.31. The maximum absolute atomic E-state index is 13.0. The van der Waals surface area contributed by atoms with E-state index in [1.54, 1.807) is 13.3 Å². The molecule has 47 heavy (non-hydrogen) atoms. The number of unbranched alkanes of at least 4 members (excludes halogenated alkanes) is 9. The normalized spacial score (nSPS) is 22.4. The summed E-state index contributed by atoms with van der Waals surface area (Å²) in [5.41, 5.74) is 2.26. The van der Waals surface area contributed by atoms with Crippen LogP contribution in [0.1, 0.15) is 110 Å². The fraction of sp³-hybridized carbons (Fsp3) is 0.667. The molecule has 11 nitrogen and oxygen atoms in total. The molecule has 0 bridgehead atoms. The molecule has 258 valence electrons. The Bertz CT molecular complexity index is 1380. The summed E-state index contributed by atoms with van der Waals surface area (Å²) in [7, 11) is 0. The van der Waals surface area contributed by atoms with Crippen molar-refractivity contribution < 1.29 is 28.5 Å². The first kappa shape index (κ1) is 35.2. The van der Waals surface area contributed by atoms with Crippen LogP contribution in [-0.2, 0) is 35.1 Å². The highest BCUT2D eigenvalue weighted by Gasteiger charge is 2.57. The van der Waals surface area contributed by atoms with E-state index in [-0.39, 0.29) is 19.0 Å². The maximum atomic E-state index is 13.0. The predicted octanol–water partition coefficient (Wildman–Crippen LogP) is 7.12. The van der Waals surface area contributed by atoms with Crippen molar-refractivity contribution in [1.29, 1.82) is 0 Å². The first-order chi connectivity index (χ1) is 22.9. The lowest BCUT2D eigenvalue weighted by molar-refractivity contribution is -0.225. The van der Waals surface area contributed by atoms with Gasteiger partial charge in [0.15, 0.2) is 23.5 Å². The molecule has 2 saturated heterocycles. The molecule has 0 aliphatic carbocycles. The van der Waals surface area contributed by atoms with Gasteiger partial charge in [-0.05, 0) is 32.8 Å². The molecule has 0 spiro atoms. The van der Waals surface area contributed by atoms with Gasteiger partial charge < -0.3 is 33.6 Å². The summed E-state index contributed by atoms with van der Waals surface area (Å²) in [6.07, 6.45) is 13.8. The Labute approximate surface area is 279 Å². The average Bonchev–Trinajstić information content (AvgIpc) is 3.72. The molecule has 2 fully saturated rings. The zero-order chi connectivity index (χ0) is 33.1. The third-order valence-corrected chi connectivity index (χ3v) is 8.91. The fourth-order valence-corrected chi connectivity index (χ4v) is 6.58. The number of fused-ring (bicyclic) bond motifs is 2. The lowest BCUT2D eigenvalue weighted by atomic mass is 10.00. The molecule has 0 saturated carbocycles. The molecule has 1 aromatic carbocycles. The molecule has 4 heterocycles. The first-order valence-corrected chi connectivity index (χ1v) is 17.6. The van der Waals surface area contributed by atoms with Crippen LogP contribution in [0.2, 0.25) is 0 Å². The maximum Gasteiger partial charge on any atom is 0.307 e. The van der Waals surface area contributed by atoms with Crippen LogP contribution in [0.15, 0.2) is 43.0 Å². The molecule has 3 aromatic rings. The zero-order valence-electron chi connectivity index (χ0n) is 28.6. The van der Waals surface area contributed by atoms with E-state index in [9.17, 15) is 4.79 Å². The highest BCUT2D eigenvalue weighted by Crippen LogP contribution is 2.43. The van der Waals surface area contributed by atoms with E-state index >= 15 is 0 Å². The van der Waals surface area contributed by atoms with Gasteiger partial charge in [-0.15, -0.1) is 0 Å². The molecule has 1 N–H and O–H groups in total. The van der Waals surface area contributed by atoms with E-state index in [1.165, 1.54) is 64.1 Å². The molecule has 2 aliphatic rings. The van der Waals surface area contributed by atoms with Crippen LogP contribution in [0.3, 0.4) is 0 Å². The molecule has 2 aliphatic heterocycles. The summed E-state index contributed by atoms with van der Waals surface area (Å²) in [6.45, 7) is 9.20. The first-order valence-electron chi connectivity index (χ1n) is 17.6. The van der Waals surface area contributed by atoms with Crippen LogP contribution in [0, 0.1) is 0 Å². The zero-order valence-corrected chi connectivity index (χ0v) is 28.6. The number of hydrogen-bond acceptors (Lipinski definition) is 10. The van der Waals surface area contributed by atoms with Crippen LogP contribution in [0.5, 0.6) is 0 Å². The minimum atomic E-state index is -0.824. The number of carbonyl (C=O) groups excluding carboxylic acids is 1. The Morgan fingerprint density at radius 2 is 1.68 bits per heavy atom. The number of esters is 1. The van der Waals surface area contributed by atoms with Gasteiger partial charge in [-0.25, -0.2) is 15.0 Å². The van der Waals surface area contributed by atoms with Gasteiger partial charge in [-0.1, -0.05) is 95.0 Å². The van der Waals surface area contributed by atoms with E-state index in [0.29, 0.717) is 23.6 Å². The van der Waals surface area contributed by atoms with E-state index in [2.05, 4.69) is 22.2 Å². The van der Waals surface area contributed by atoms with Gasteiger partial charge in [-0.2, -0.15) is 0 Å². The van der Waals surface area contributed by atoms with Crippen molar-refractivity contribution in [3.8, 4) is 0 Å². The topological polar surface area (TPSA) is 119 Å². The van der Waals surface area contributed by atoms with Crippen LogP contribution < -0.4 is 5.32 Å². The largest absolute Gasteiger partial charge is 0.466 e. The van der Waals surface area contributed by atoms with Gasteiger partial charge >= 0.3 is 5.97 Å². The summed E-state index contributed by atoms with van der Waals surface area (Å²) in [4.78, 5) is 26.8. The summed E-state index contributed by atoms with van der Waals surface area (Å²) in [5, 5.41) is 3.47. The third-order valence-electron chi connectivity index (χ3n) is 8.91. The van der Waals surface area contributed by atoms with Crippen molar-refractivity contribution in [3.05, 3.63) is 48.5 Å². The highest BCUT2D eigenvalue weighted by atomic mass is 16.8. The number of aromatic nitrogens is 4. The number of nitrogens with one attached hydrogen (secondary N) is 1.